The molecule has 0 aliphatic heterocycles. The Morgan fingerprint density at radius 2 is 2.00 bits per heavy atom. The van der Waals surface area contributed by atoms with E-state index in [1.54, 1.807) is 4.68 Å². The van der Waals surface area contributed by atoms with Crippen molar-refractivity contribution in [3.8, 4) is 0 Å². The van der Waals surface area contributed by atoms with Crippen LogP contribution in [0.15, 0.2) is 10.3 Å². The molecule has 0 saturated carbocycles. The van der Waals surface area contributed by atoms with Gasteiger partial charge in [-0.25, -0.2) is 0 Å². The highest BCUT2D eigenvalue weighted by molar-refractivity contribution is 7.80. The van der Waals surface area contributed by atoms with Crippen LogP contribution in [0.5, 0.6) is 0 Å². The van der Waals surface area contributed by atoms with Gasteiger partial charge >= 0.3 is 0 Å². The minimum Gasteiger partial charge on any atom is -0.192 e. The highest BCUT2D eigenvalue weighted by Crippen LogP contribution is 2.10. The maximum atomic E-state index is 4.23. The van der Waals surface area contributed by atoms with Crippen molar-refractivity contribution in [1.82, 2.24) is 14.9 Å². The molecule has 0 aromatic carbocycles. The van der Waals surface area contributed by atoms with E-state index in [1.807, 2.05) is 13.1 Å². The van der Waals surface area contributed by atoms with E-state index in [-0.39, 0.29) is 5.41 Å². The van der Waals surface area contributed by atoms with Crippen LogP contribution in [0.3, 0.4) is 0 Å². The molecule has 0 aliphatic rings. The molecule has 0 fully saturated rings. The van der Waals surface area contributed by atoms with E-state index in [4.69, 9.17) is 0 Å². The van der Waals surface area contributed by atoms with Gasteiger partial charge in [-0.1, -0.05) is 20.8 Å². The van der Waals surface area contributed by atoms with Crippen molar-refractivity contribution >= 4 is 18.8 Å². The van der Waals surface area contributed by atoms with Crippen molar-refractivity contribution in [2.24, 2.45) is 10.5 Å². The molecule has 5 heteroatoms. The van der Waals surface area contributed by atoms with Crippen LogP contribution < -0.4 is 0 Å². The smallest absolute Gasteiger partial charge is 0.192 e. The average molecular weight is 198 g/mol. The molecule has 0 saturated heterocycles. The number of hydrogen-bond donors (Lipinski definition) is 1. The summed E-state index contributed by atoms with van der Waals surface area (Å²) in [4.78, 5) is 0. The van der Waals surface area contributed by atoms with Gasteiger partial charge in [0.2, 0.25) is 5.16 Å². The third kappa shape index (κ3) is 2.84. The predicted molar refractivity (Wildman–Crippen MR) is 55.4 cm³/mol. The van der Waals surface area contributed by atoms with Gasteiger partial charge < -0.3 is 0 Å². The first-order valence-corrected chi connectivity index (χ1v) is 4.51. The summed E-state index contributed by atoms with van der Waals surface area (Å²) in [6, 6.07) is 0. The van der Waals surface area contributed by atoms with Crippen molar-refractivity contribution in [1.29, 1.82) is 0 Å². The molecule has 0 amide bonds. The van der Waals surface area contributed by atoms with Gasteiger partial charge in [0.05, 0.1) is 0 Å². The molecule has 1 rings (SSSR count). The van der Waals surface area contributed by atoms with E-state index in [1.165, 1.54) is 0 Å². The maximum Gasteiger partial charge on any atom is 0.208 e. The van der Waals surface area contributed by atoms with Crippen LogP contribution >= 0.6 is 12.6 Å². The van der Waals surface area contributed by atoms with E-state index in [9.17, 15) is 0 Å². The van der Waals surface area contributed by atoms with Crippen molar-refractivity contribution in [2.75, 3.05) is 0 Å². The number of nitrogens with zero attached hydrogens (tertiary/aromatic N) is 4. The Morgan fingerprint density at radius 3 is 2.38 bits per heavy atom. The lowest BCUT2D eigenvalue weighted by Gasteiger charge is -2.09. The Hall–Kier alpha value is -0.840. The van der Waals surface area contributed by atoms with Crippen molar-refractivity contribution in [2.45, 2.75) is 32.9 Å². The lowest BCUT2D eigenvalue weighted by Crippen LogP contribution is -2.08. The number of aryl methyl sites for hydroxylation is 1. The highest BCUT2D eigenvalue weighted by atomic mass is 32.1. The molecule has 4 nitrogen and oxygen atoms in total. The monoisotopic (exact) mass is 198 g/mol. The van der Waals surface area contributed by atoms with Crippen molar-refractivity contribution in [3.05, 3.63) is 5.82 Å². The van der Waals surface area contributed by atoms with E-state index in [0.717, 1.165) is 5.82 Å². The SMILES string of the molecule is Cc1nnc(S)n1N=CC(C)(C)C. The Balaban J connectivity index is 2.92. The summed E-state index contributed by atoms with van der Waals surface area (Å²) in [6.45, 7) is 8.07. The second-order valence-corrected chi connectivity index (χ2v) is 4.37. The van der Waals surface area contributed by atoms with Crippen LogP contribution in [0.2, 0.25) is 0 Å². The molecule has 0 spiro atoms. The molecule has 0 radical (unpaired) electrons. The second kappa shape index (κ2) is 3.49. The van der Waals surface area contributed by atoms with Gasteiger partial charge in [0.15, 0.2) is 5.82 Å². The van der Waals surface area contributed by atoms with Gasteiger partial charge in [0.25, 0.3) is 0 Å². The topological polar surface area (TPSA) is 43.1 Å². The van der Waals surface area contributed by atoms with Gasteiger partial charge in [-0.2, -0.15) is 9.78 Å². The van der Waals surface area contributed by atoms with Crippen LogP contribution in [0, 0.1) is 12.3 Å². The van der Waals surface area contributed by atoms with Crippen LogP contribution in [-0.2, 0) is 0 Å². The summed E-state index contributed by atoms with van der Waals surface area (Å²) in [5, 5.41) is 12.4. The van der Waals surface area contributed by atoms with Gasteiger partial charge in [0.1, 0.15) is 0 Å². The van der Waals surface area contributed by atoms with Gasteiger partial charge in [0, 0.05) is 6.21 Å². The quantitative estimate of drug-likeness (QED) is 0.552. The van der Waals surface area contributed by atoms with Crippen LogP contribution in [-0.4, -0.2) is 21.1 Å². The average Bonchev–Trinajstić information content (AvgIpc) is 2.27. The van der Waals surface area contributed by atoms with Crippen molar-refractivity contribution < 1.29 is 0 Å². The van der Waals surface area contributed by atoms with Gasteiger partial charge in [-0.15, -0.1) is 22.8 Å². The molecular weight excluding hydrogens is 184 g/mol. The molecule has 1 aromatic rings. The highest BCUT2D eigenvalue weighted by Gasteiger charge is 2.07. The van der Waals surface area contributed by atoms with Gasteiger partial charge in [-0.05, 0) is 12.3 Å². The fourth-order valence-corrected chi connectivity index (χ4v) is 0.954. The molecule has 72 valence electrons. The Labute approximate surface area is 83.5 Å². The summed E-state index contributed by atoms with van der Waals surface area (Å²) in [5.74, 6) is 0.741. The molecule has 1 aromatic heterocycles. The lowest BCUT2D eigenvalue weighted by atomic mass is 9.99. The molecule has 0 aliphatic carbocycles. The fraction of sp³-hybridized carbons (Fsp3) is 0.625. The maximum absolute atomic E-state index is 4.23. The van der Waals surface area contributed by atoms with E-state index < -0.39 is 0 Å². The summed E-state index contributed by atoms with van der Waals surface area (Å²) in [7, 11) is 0. The molecule has 1 heterocycles. The molecule has 0 N–H and O–H groups in total. The Kier molecular flexibility index (Phi) is 2.75. The van der Waals surface area contributed by atoms with E-state index in [0.29, 0.717) is 5.16 Å². The largest absolute Gasteiger partial charge is 0.208 e. The third-order valence-corrected chi connectivity index (χ3v) is 1.62. The molecule has 0 bridgehead atoms. The molecule has 0 unspecified atom stereocenters. The molecule has 0 atom stereocenters. The van der Waals surface area contributed by atoms with Crippen LogP contribution in [0.1, 0.15) is 26.6 Å². The van der Waals surface area contributed by atoms with Crippen LogP contribution in [0.4, 0.5) is 0 Å². The number of rotatable bonds is 1. The zero-order chi connectivity index (χ0) is 10.1. The number of thiol groups is 1. The summed E-state index contributed by atoms with van der Waals surface area (Å²) >= 11 is 4.12. The zero-order valence-corrected chi connectivity index (χ0v) is 9.21. The predicted octanol–water partition coefficient (Wildman–Crippen LogP) is 1.76. The molecule has 13 heavy (non-hydrogen) atoms. The standard InChI is InChI=1S/C8H14N4S/c1-6-10-11-7(13)12(6)9-5-8(2,3)4/h5H,1-4H3,(H,11,13). The fourth-order valence-electron chi connectivity index (χ4n) is 0.713. The number of hydrogen-bond acceptors (Lipinski definition) is 4. The summed E-state index contributed by atoms with van der Waals surface area (Å²) in [5.41, 5.74) is 0.0525. The first kappa shape index (κ1) is 10.2. The number of aromatic nitrogens is 3. The first-order valence-electron chi connectivity index (χ1n) is 4.06. The lowest BCUT2D eigenvalue weighted by molar-refractivity contribution is 0.594. The van der Waals surface area contributed by atoms with Gasteiger partial charge in [-0.3, -0.25) is 0 Å². The minimum atomic E-state index is 0.0525. The summed E-state index contributed by atoms with van der Waals surface area (Å²) in [6.07, 6.45) is 1.85. The first-order chi connectivity index (χ1) is 5.90. The minimum absolute atomic E-state index is 0.0525. The molecular formula is C8H14N4S. The summed E-state index contributed by atoms with van der Waals surface area (Å²) < 4.78 is 1.61. The Bertz CT molecular complexity index is 302. The Morgan fingerprint density at radius 1 is 1.38 bits per heavy atom. The third-order valence-electron chi connectivity index (χ3n) is 1.34. The second-order valence-electron chi connectivity index (χ2n) is 3.97. The van der Waals surface area contributed by atoms with E-state index in [2.05, 4.69) is 48.7 Å². The van der Waals surface area contributed by atoms with E-state index >= 15 is 0 Å². The van der Waals surface area contributed by atoms with Crippen LogP contribution in [0.25, 0.3) is 0 Å². The van der Waals surface area contributed by atoms with Crippen molar-refractivity contribution in [3.63, 3.8) is 0 Å². The normalized spacial score (nSPS) is 12.7. The zero-order valence-electron chi connectivity index (χ0n) is 8.31.